The van der Waals surface area contributed by atoms with Gasteiger partial charge in [0.15, 0.2) is 5.78 Å². The second kappa shape index (κ2) is 4.68. The van der Waals surface area contributed by atoms with Gasteiger partial charge in [-0.25, -0.2) is 4.39 Å². The Morgan fingerprint density at radius 2 is 1.88 bits per heavy atom. The lowest BCUT2D eigenvalue weighted by molar-refractivity contribution is 0.103. The van der Waals surface area contributed by atoms with Gasteiger partial charge in [0.2, 0.25) is 0 Å². The van der Waals surface area contributed by atoms with Crippen LogP contribution >= 0.6 is 11.6 Å². The van der Waals surface area contributed by atoms with E-state index in [4.69, 9.17) is 11.6 Å². The minimum atomic E-state index is -0.475. The van der Waals surface area contributed by atoms with Crippen molar-refractivity contribution in [3.63, 3.8) is 0 Å². The molecule has 0 spiro atoms. The van der Waals surface area contributed by atoms with Gasteiger partial charge in [0, 0.05) is 10.6 Å². The third kappa shape index (κ3) is 2.37. The molecule has 0 unspecified atom stereocenters. The van der Waals surface area contributed by atoms with Crippen LogP contribution in [0.4, 0.5) is 4.39 Å². The summed E-state index contributed by atoms with van der Waals surface area (Å²) in [6.45, 7) is 1.63. The van der Waals surface area contributed by atoms with E-state index in [1.54, 1.807) is 37.3 Å². The molecule has 0 aliphatic heterocycles. The third-order valence-electron chi connectivity index (χ3n) is 2.52. The molecule has 0 amide bonds. The van der Waals surface area contributed by atoms with Crippen LogP contribution in [0.1, 0.15) is 21.5 Å². The summed E-state index contributed by atoms with van der Waals surface area (Å²) in [7, 11) is 0. The minimum Gasteiger partial charge on any atom is -0.288 e. The van der Waals surface area contributed by atoms with Crippen LogP contribution in [0.3, 0.4) is 0 Å². The molecule has 17 heavy (non-hydrogen) atoms. The first-order chi connectivity index (χ1) is 8.09. The summed E-state index contributed by atoms with van der Waals surface area (Å²) in [6, 6.07) is 11.3. The molecular formula is C14H10ClFO. The van der Waals surface area contributed by atoms with Gasteiger partial charge in [-0.05, 0) is 30.7 Å². The van der Waals surface area contributed by atoms with Gasteiger partial charge < -0.3 is 0 Å². The van der Waals surface area contributed by atoms with Crippen LogP contribution in [0.25, 0.3) is 0 Å². The molecule has 86 valence electrons. The molecule has 0 atom stereocenters. The summed E-state index contributed by atoms with van der Waals surface area (Å²) in [5.41, 5.74) is 0.923. The predicted octanol–water partition coefficient (Wildman–Crippen LogP) is 4.02. The highest BCUT2D eigenvalue weighted by Gasteiger charge is 2.15. The second-order valence-electron chi connectivity index (χ2n) is 3.78. The Kier molecular flexibility index (Phi) is 3.25. The van der Waals surface area contributed by atoms with Crippen molar-refractivity contribution in [3.8, 4) is 0 Å². The summed E-state index contributed by atoms with van der Waals surface area (Å²) >= 11 is 5.80. The fourth-order valence-corrected chi connectivity index (χ4v) is 1.80. The van der Waals surface area contributed by atoms with Gasteiger partial charge in [0.1, 0.15) is 5.82 Å². The predicted molar refractivity (Wildman–Crippen MR) is 66.0 cm³/mol. The molecule has 0 bridgehead atoms. The van der Waals surface area contributed by atoms with Crippen molar-refractivity contribution in [3.05, 3.63) is 70.0 Å². The van der Waals surface area contributed by atoms with Crippen LogP contribution in [-0.4, -0.2) is 5.78 Å². The Morgan fingerprint density at radius 1 is 1.18 bits per heavy atom. The summed E-state index contributed by atoms with van der Waals surface area (Å²) < 4.78 is 13.8. The standard InChI is InChI=1S/C14H10ClFO/c1-9-4-2-7-12(13(9)16)14(17)10-5-3-6-11(15)8-10/h2-8H,1H3. The molecule has 0 fully saturated rings. The molecule has 0 saturated carbocycles. The first-order valence-electron chi connectivity index (χ1n) is 5.15. The maximum atomic E-state index is 13.8. The number of carbonyl (C=O) groups is 1. The van der Waals surface area contributed by atoms with E-state index in [9.17, 15) is 9.18 Å². The maximum Gasteiger partial charge on any atom is 0.196 e. The molecule has 0 radical (unpaired) electrons. The molecule has 2 rings (SSSR count). The molecular weight excluding hydrogens is 239 g/mol. The first kappa shape index (κ1) is 11.8. The lowest BCUT2D eigenvalue weighted by atomic mass is 10.0. The van der Waals surface area contributed by atoms with E-state index in [2.05, 4.69) is 0 Å². The van der Waals surface area contributed by atoms with E-state index in [0.29, 0.717) is 16.1 Å². The van der Waals surface area contributed by atoms with Crippen LogP contribution in [0.5, 0.6) is 0 Å². The molecule has 2 aromatic rings. The zero-order valence-corrected chi connectivity index (χ0v) is 9.96. The minimum absolute atomic E-state index is 0.0762. The van der Waals surface area contributed by atoms with E-state index in [1.807, 2.05) is 0 Å². The Hall–Kier alpha value is -1.67. The molecule has 0 N–H and O–H groups in total. The summed E-state index contributed by atoms with van der Waals surface area (Å²) in [6.07, 6.45) is 0. The topological polar surface area (TPSA) is 17.1 Å². The quantitative estimate of drug-likeness (QED) is 0.734. The largest absolute Gasteiger partial charge is 0.288 e. The van der Waals surface area contributed by atoms with Crippen molar-refractivity contribution in [2.45, 2.75) is 6.92 Å². The van der Waals surface area contributed by atoms with Crippen molar-refractivity contribution in [2.75, 3.05) is 0 Å². The van der Waals surface area contributed by atoms with Crippen LogP contribution < -0.4 is 0 Å². The molecule has 1 nitrogen and oxygen atoms in total. The van der Waals surface area contributed by atoms with Crippen molar-refractivity contribution in [2.24, 2.45) is 0 Å². The van der Waals surface area contributed by atoms with Crippen molar-refractivity contribution < 1.29 is 9.18 Å². The summed E-state index contributed by atoms with van der Waals surface area (Å²) in [4.78, 5) is 12.1. The van der Waals surface area contributed by atoms with Gasteiger partial charge in [0.25, 0.3) is 0 Å². The highest BCUT2D eigenvalue weighted by atomic mass is 35.5. The highest BCUT2D eigenvalue weighted by molar-refractivity contribution is 6.31. The lowest BCUT2D eigenvalue weighted by Crippen LogP contribution is -2.05. The molecule has 0 aliphatic carbocycles. The van der Waals surface area contributed by atoms with Gasteiger partial charge >= 0.3 is 0 Å². The number of rotatable bonds is 2. The van der Waals surface area contributed by atoms with Crippen LogP contribution in [0, 0.1) is 12.7 Å². The van der Waals surface area contributed by atoms with Crippen LogP contribution in [0.2, 0.25) is 5.02 Å². The van der Waals surface area contributed by atoms with Gasteiger partial charge in [-0.2, -0.15) is 0 Å². The number of hydrogen-bond donors (Lipinski definition) is 0. The van der Waals surface area contributed by atoms with Crippen LogP contribution in [0.15, 0.2) is 42.5 Å². The monoisotopic (exact) mass is 248 g/mol. The zero-order valence-electron chi connectivity index (χ0n) is 9.21. The van der Waals surface area contributed by atoms with Gasteiger partial charge in [-0.3, -0.25) is 4.79 Å². The Balaban J connectivity index is 2.48. The SMILES string of the molecule is Cc1cccc(C(=O)c2cccc(Cl)c2)c1F. The normalized spacial score (nSPS) is 10.3. The molecule has 0 aromatic heterocycles. The molecule has 3 heteroatoms. The summed E-state index contributed by atoms with van der Waals surface area (Å²) in [5, 5.41) is 0.462. The van der Waals surface area contributed by atoms with E-state index < -0.39 is 5.82 Å². The van der Waals surface area contributed by atoms with Gasteiger partial charge in [0.05, 0.1) is 5.56 Å². The Labute approximate surface area is 104 Å². The molecule has 2 aromatic carbocycles. The second-order valence-corrected chi connectivity index (χ2v) is 4.21. The number of hydrogen-bond acceptors (Lipinski definition) is 1. The highest BCUT2D eigenvalue weighted by Crippen LogP contribution is 2.18. The van der Waals surface area contributed by atoms with Gasteiger partial charge in [-0.1, -0.05) is 35.9 Å². The summed E-state index contributed by atoms with van der Waals surface area (Å²) in [5.74, 6) is -0.828. The third-order valence-corrected chi connectivity index (χ3v) is 2.76. The van der Waals surface area contributed by atoms with E-state index in [-0.39, 0.29) is 11.3 Å². The number of aryl methyl sites for hydroxylation is 1. The van der Waals surface area contributed by atoms with Crippen molar-refractivity contribution in [1.82, 2.24) is 0 Å². The van der Waals surface area contributed by atoms with Crippen molar-refractivity contribution >= 4 is 17.4 Å². The molecule has 0 saturated heterocycles. The molecule has 0 heterocycles. The zero-order chi connectivity index (χ0) is 12.4. The Morgan fingerprint density at radius 3 is 2.59 bits per heavy atom. The first-order valence-corrected chi connectivity index (χ1v) is 5.53. The lowest BCUT2D eigenvalue weighted by Gasteiger charge is -2.05. The number of halogens is 2. The smallest absolute Gasteiger partial charge is 0.196 e. The fourth-order valence-electron chi connectivity index (χ4n) is 1.61. The van der Waals surface area contributed by atoms with Crippen LogP contribution in [-0.2, 0) is 0 Å². The van der Waals surface area contributed by atoms with E-state index >= 15 is 0 Å². The van der Waals surface area contributed by atoms with E-state index in [0.717, 1.165) is 0 Å². The fraction of sp³-hybridized carbons (Fsp3) is 0.0714. The Bertz CT molecular complexity index is 578. The average Bonchev–Trinajstić information content (AvgIpc) is 2.32. The van der Waals surface area contributed by atoms with Gasteiger partial charge in [-0.15, -0.1) is 0 Å². The van der Waals surface area contributed by atoms with E-state index in [1.165, 1.54) is 12.1 Å². The number of carbonyl (C=O) groups excluding carboxylic acids is 1. The maximum absolute atomic E-state index is 13.8. The number of benzene rings is 2. The molecule has 0 aliphatic rings. The number of ketones is 1. The van der Waals surface area contributed by atoms with Crippen molar-refractivity contribution in [1.29, 1.82) is 0 Å². The average molecular weight is 249 g/mol.